The molecule has 0 amide bonds. The van der Waals surface area contributed by atoms with Gasteiger partial charge < -0.3 is 9.05 Å². The first-order valence-electron chi connectivity index (χ1n) is 5.80. The molecule has 0 aliphatic rings. The zero-order valence-electron chi connectivity index (χ0n) is 10.5. The number of nitrogens with one attached hydrogen (secondary N) is 1. The molecule has 0 spiro atoms. The molecule has 2 aromatic heterocycles. The number of benzene rings is 1. The number of hydrogen-bond acceptors (Lipinski definition) is 6. The molecule has 0 unspecified atom stereocenters. The van der Waals surface area contributed by atoms with Crippen LogP contribution in [-0.4, -0.2) is 18.7 Å². The number of para-hydroxylation sites is 1. The number of rotatable bonds is 4. The van der Waals surface area contributed by atoms with E-state index in [2.05, 4.69) is 15.0 Å². The van der Waals surface area contributed by atoms with Gasteiger partial charge in [0.25, 0.3) is 0 Å². The fraction of sp³-hybridized carbons (Fsp3) is 0.167. The third-order valence-corrected chi connectivity index (χ3v) is 3.83. The van der Waals surface area contributed by atoms with Crippen LogP contribution in [0.2, 0.25) is 0 Å². The minimum absolute atomic E-state index is 0.0790. The third-order valence-electron chi connectivity index (χ3n) is 2.66. The monoisotopic (exact) mass is 293 g/mol. The summed E-state index contributed by atoms with van der Waals surface area (Å²) in [7, 11) is -3.64. The Labute approximate surface area is 114 Å². The number of hydrogen-bond donors (Lipinski definition) is 1. The van der Waals surface area contributed by atoms with Crippen molar-refractivity contribution in [3.63, 3.8) is 0 Å². The van der Waals surface area contributed by atoms with Crippen molar-refractivity contribution in [3.05, 3.63) is 41.7 Å². The second kappa shape index (κ2) is 4.64. The van der Waals surface area contributed by atoms with Crippen LogP contribution >= 0.6 is 0 Å². The third kappa shape index (κ3) is 2.50. The lowest BCUT2D eigenvalue weighted by Gasteiger charge is -2.02. The van der Waals surface area contributed by atoms with Crippen LogP contribution < -0.4 is 4.72 Å². The quantitative estimate of drug-likeness (QED) is 0.790. The van der Waals surface area contributed by atoms with Crippen LogP contribution in [0.25, 0.3) is 11.0 Å². The van der Waals surface area contributed by atoms with Gasteiger partial charge in [-0.2, -0.15) is 0 Å². The number of anilines is 1. The zero-order chi connectivity index (χ0) is 14.2. The van der Waals surface area contributed by atoms with Crippen molar-refractivity contribution in [1.29, 1.82) is 0 Å². The van der Waals surface area contributed by atoms with E-state index in [9.17, 15) is 8.42 Å². The minimum atomic E-state index is -3.64. The molecule has 8 heteroatoms. The summed E-state index contributed by atoms with van der Waals surface area (Å²) in [6.07, 6.45) is 0. The Bertz CT molecular complexity index is 850. The summed E-state index contributed by atoms with van der Waals surface area (Å²) in [5.74, 6) is -0.223. The molecule has 7 nitrogen and oxygen atoms in total. The van der Waals surface area contributed by atoms with Crippen LogP contribution in [0.15, 0.2) is 39.4 Å². The summed E-state index contributed by atoms with van der Waals surface area (Å²) in [5.41, 5.74) is 1.49. The van der Waals surface area contributed by atoms with Crippen LogP contribution in [0, 0.1) is 6.92 Å². The molecule has 3 rings (SSSR count). The van der Waals surface area contributed by atoms with Crippen molar-refractivity contribution in [3.8, 4) is 0 Å². The van der Waals surface area contributed by atoms with Gasteiger partial charge in [-0.3, -0.25) is 4.72 Å². The highest BCUT2D eigenvalue weighted by Crippen LogP contribution is 2.20. The van der Waals surface area contributed by atoms with E-state index < -0.39 is 10.0 Å². The molecule has 0 saturated carbocycles. The van der Waals surface area contributed by atoms with E-state index in [0.717, 1.165) is 0 Å². The van der Waals surface area contributed by atoms with Gasteiger partial charge in [0.05, 0.1) is 5.69 Å². The van der Waals surface area contributed by atoms with Gasteiger partial charge >= 0.3 is 0 Å². The predicted molar refractivity (Wildman–Crippen MR) is 71.5 cm³/mol. The molecule has 3 aromatic rings. The van der Waals surface area contributed by atoms with Gasteiger partial charge in [-0.05, 0) is 19.1 Å². The second-order valence-electron chi connectivity index (χ2n) is 4.32. The normalized spacial score (nSPS) is 11.8. The van der Waals surface area contributed by atoms with Crippen LogP contribution in [0.3, 0.4) is 0 Å². The fourth-order valence-corrected chi connectivity index (χ4v) is 2.87. The molecule has 2 heterocycles. The number of sulfonamides is 1. The molecule has 0 aliphatic carbocycles. The SMILES string of the molecule is Cc1cc(NS(=O)(=O)Cc2noc3ccccc23)on1. The summed E-state index contributed by atoms with van der Waals surface area (Å²) in [6, 6.07) is 8.57. The topological polar surface area (TPSA) is 98.2 Å². The molecule has 0 atom stereocenters. The molecule has 20 heavy (non-hydrogen) atoms. The van der Waals surface area contributed by atoms with Crippen LogP contribution in [0.5, 0.6) is 0 Å². The lowest BCUT2D eigenvalue weighted by molar-refractivity contribution is 0.430. The summed E-state index contributed by atoms with van der Waals surface area (Å²) in [6.45, 7) is 1.70. The van der Waals surface area contributed by atoms with Crippen molar-refractivity contribution in [2.45, 2.75) is 12.7 Å². The van der Waals surface area contributed by atoms with Gasteiger partial charge in [-0.15, -0.1) is 0 Å². The number of aryl methyl sites for hydroxylation is 1. The maximum atomic E-state index is 12.0. The summed E-state index contributed by atoms with van der Waals surface area (Å²) >= 11 is 0. The molecular formula is C12H11N3O4S. The van der Waals surface area contributed by atoms with Gasteiger partial charge in [0, 0.05) is 11.5 Å². The molecule has 0 fully saturated rings. The van der Waals surface area contributed by atoms with Gasteiger partial charge in [0.2, 0.25) is 15.9 Å². The molecule has 0 radical (unpaired) electrons. The van der Waals surface area contributed by atoms with Crippen LogP contribution in [0.4, 0.5) is 5.88 Å². The predicted octanol–water partition coefficient (Wildman–Crippen LogP) is 2.07. The van der Waals surface area contributed by atoms with Crippen molar-refractivity contribution < 1.29 is 17.5 Å². The van der Waals surface area contributed by atoms with Crippen molar-refractivity contribution in [2.75, 3.05) is 4.72 Å². The van der Waals surface area contributed by atoms with Crippen molar-refractivity contribution in [2.24, 2.45) is 0 Å². The first-order valence-corrected chi connectivity index (χ1v) is 7.46. The number of nitrogens with zero attached hydrogens (tertiary/aromatic N) is 2. The standard InChI is InChI=1S/C12H11N3O4S/c1-8-6-12(19-13-8)15-20(16,17)7-10-9-4-2-3-5-11(9)18-14-10/h2-6,15H,7H2,1H3. The summed E-state index contributed by atoms with van der Waals surface area (Å²) in [5, 5.41) is 8.07. The second-order valence-corrected chi connectivity index (χ2v) is 6.04. The van der Waals surface area contributed by atoms with Crippen molar-refractivity contribution >= 4 is 26.9 Å². The van der Waals surface area contributed by atoms with E-state index in [1.165, 1.54) is 6.07 Å². The number of fused-ring (bicyclic) bond motifs is 1. The van der Waals surface area contributed by atoms with Gasteiger partial charge in [0.15, 0.2) is 5.58 Å². The smallest absolute Gasteiger partial charge is 0.240 e. The van der Waals surface area contributed by atoms with Crippen LogP contribution in [-0.2, 0) is 15.8 Å². The van der Waals surface area contributed by atoms with E-state index >= 15 is 0 Å². The molecule has 0 bridgehead atoms. The Balaban J connectivity index is 1.86. The first-order chi connectivity index (χ1) is 9.53. The maximum absolute atomic E-state index is 12.0. The largest absolute Gasteiger partial charge is 0.356 e. The average molecular weight is 293 g/mol. The van der Waals surface area contributed by atoms with E-state index in [1.54, 1.807) is 31.2 Å². The van der Waals surface area contributed by atoms with Gasteiger partial charge in [0.1, 0.15) is 11.4 Å². The number of aromatic nitrogens is 2. The molecule has 104 valence electrons. The zero-order valence-corrected chi connectivity index (χ0v) is 11.3. The molecule has 0 aliphatic heterocycles. The summed E-state index contributed by atoms with van der Waals surface area (Å²) < 4.78 is 36.3. The van der Waals surface area contributed by atoms with E-state index in [-0.39, 0.29) is 11.6 Å². The molecule has 1 N–H and O–H groups in total. The highest BCUT2D eigenvalue weighted by atomic mass is 32.2. The Morgan fingerprint density at radius 3 is 2.75 bits per heavy atom. The molecular weight excluding hydrogens is 282 g/mol. The van der Waals surface area contributed by atoms with Gasteiger partial charge in [-0.25, -0.2) is 8.42 Å². The van der Waals surface area contributed by atoms with E-state index in [4.69, 9.17) is 9.05 Å². The van der Waals surface area contributed by atoms with E-state index in [1.807, 2.05) is 0 Å². The minimum Gasteiger partial charge on any atom is -0.356 e. The Morgan fingerprint density at radius 2 is 2.00 bits per heavy atom. The highest BCUT2D eigenvalue weighted by Gasteiger charge is 2.19. The average Bonchev–Trinajstić information content (AvgIpc) is 2.96. The summed E-state index contributed by atoms with van der Waals surface area (Å²) in [4.78, 5) is 0. The lowest BCUT2D eigenvalue weighted by atomic mass is 10.2. The molecule has 0 saturated heterocycles. The Hall–Kier alpha value is -2.35. The van der Waals surface area contributed by atoms with Crippen molar-refractivity contribution in [1.82, 2.24) is 10.3 Å². The molecule has 1 aromatic carbocycles. The Morgan fingerprint density at radius 1 is 1.20 bits per heavy atom. The van der Waals surface area contributed by atoms with Gasteiger partial charge in [-0.1, -0.05) is 22.4 Å². The van der Waals surface area contributed by atoms with Crippen LogP contribution in [0.1, 0.15) is 11.4 Å². The lowest BCUT2D eigenvalue weighted by Crippen LogP contribution is -2.15. The highest BCUT2D eigenvalue weighted by molar-refractivity contribution is 7.91. The fourth-order valence-electron chi connectivity index (χ4n) is 1.82. The Kier molecular flexibility index (Phi) is 2.94. The first kappa shape index (κ1) is 12.7. The maximum Gasteiger partial charge on any atom is 0.240 e. The van der Waals surface area contributed by atoms with E-state index in [0.29, 0.717) is 22.4 Å².